The van der Waals surface area contributed by atoms with Crippen molar-refractivity contribution in [2.45, 2.75) is 32.4 Å². The number of ketones is 1. The van der Waals surface area contributed by atoms with Gasteiger partial charge in [-0.15, -0.1) is 10.2 Å². The lowest BCUT2D eigenvalue weighted by Crippen LogP contribution is -2.29. The predicted octanol–water partition coefficient (Wildman–Crippen LogP) is 3.80. The van der Waals surface area contributed by atoms with Crippen LogP contribution >= 0.6 is 11.3 Å². The van der Waals surface area contributed by atoms with Crippen molar-refractivity contribution in [1.29, 1.82) is 0 Å². The molecule has 0 saturated carbocycles. The fourth-order valence-corrected chi connectivity index (χ4v) is 4.98. The highest BCUT2D eigenvalue weighted by Crippen LogP contribution is 2.44. The van der Waals surface area contributed by atoms with E-state index in [1.165, 1.54) is 23.3 Å². The number of hydrogen-bond donors (Lipinski definition) is 1. The molecule has 2 aliphatic heterocycles. The second-order valence-electron chi connectivity index (χ2n) is 8.00. The molecule has 2 aromatic carbocycles. The zero-order valence-corrected chi connectivity index (χ0v) is 19.0. The molecule has 168 valence electrons. The Labute approximate surface area is 194 Å². The van der Waals surface area contributed by atoms with E-state index in [2.05, 4.69) is 10.2 Å². The first-order valence-electron chi connectivity index (χ1n) is 10.4. The van der Waals surface area contributed by atoms with Crippen LogP contribution in [-0.2, 0) is 16.0 Å². The van der Waals surface area contributed by atoms with Crippen molar-refractivity contribution in [2.24, 2.45) is 0 Å². The van der Waals surface area contributed by atoms with Gasteiger partial charge in [0.25, 0.3) is 5.78 Å². The molecule has 0 radical (unpaired) electrons. The molecule has 1 aromatic heterocycles. The third-order valence-corrected chi connectivity index (χ3v) is 6.58. The third-order valence-electron chi connectivity index (χ3n) is 5.74. The highest BCUT2D eigenvalue weighted by atomic mass is 32.1. The Morgan fingerprint density at radius 1 is 1.21 bits per heavy atom. The van der Waals surface area contributed by atoms with Crippen LogP contribution in [0.5, 0.6) is 11.5 Å². The fourth-order valence-electron chi connectivity index (χ4n) is 4.27. The lowest BCUT2D eigenvalue weighted by atomic mass is 9.94. The van der Waals surface area contributed by atoms with E-state index in [1.54, 1.807) is 49.4 Å². The number of aliphatic hydroxyl groups is 1. The van der Waals surface area contributed by atoms with Gasteiger partial charge in [-0.05, 0) is 55.3 Å². The maximum Gasteiger partial charge on any atom is 0.301 e. The van der Waals surface area contributed by atoms with Gasteiger partial charge < -0.3 is 14.6 Å². The first-order valence-corrected chi connectivity index (χ1v) is 11.2. The molecule has 0 aliphatic carbocycles. The molecular formula is C24H21N3O5S. The third kappa shape index (κ3) is 3.54. The number of anilines is 1. The molecule has 1 N–H and O–H groups in total. The molecule has 0 unspecified atom stereocenters. The lowest BCUT2D eigenvalue weighted by Gasteiger charge is -2.23. The van der Waals surface area contributed by atoms with Crippen molar-refractivity contribution in [1.82, 2.24) is 10.2 Å². The van der Waals surface area contributed by atoms with E-state index in [-0.39, 0.29) is 22.6 Å². The molecule has 0 spiro atoms. The van der Waals surface area contributed by atoms with Crippen molar-refractivity contribution >= 4 is 33.9 Å². The molecule has 8 nitrogen and oxygen atoms in total. The SMILES string of the molecule is COc1cccc([C@H]2/C(=C(\O)c3ccc4c(c3)C[C@H](C)O4)C(=O)C(=O)N2c2nnc(C)s2)c1. The normalized spacial score (nSPS) is 21.2. The van der Waals surface area contributed by atoms with Crippen LogP contribution in [0.3, 0.4) is 0 Å². The van der Waals surface area contributed by atoms with E-state index in [0.717, 1.165) is 11.3 Å². The average molecular weight is 464 g/mol. The van der Waals surface area contributed by atoms with Gasteiger partial charge in [-0.2, -0.15) is 0 Å². The topological polar surface area (TPSA) is 102 Å². The summed E-state index contributed by atoms with van der Waals surface area (Å²) in [7, 11) is 1.54. The molecule has 1 amide bonds. The number of ether oxygens (including phenoxy) is 2. The molecule has 9 heteroatoms. The Bertz CT molecular complexity index is 1310. The van der Waals surface area contributed by atoms with Gasteiger partial charge in [0.05, 0.1) is 18.7 Å². The molecule has 3 heterocycles. The quantitative estimate of drug-likeness (QED) is 0.357. The Balaban J connectivity index is 1.69. The van der Waals surface area contributed by atoms with Crippen LogP contribution < -0.4 is 14.4 Å². The van der Waals surface area contributed by atoms with E-state index >= 15 is 0 Å². The minimum atomic E-state index is -0.879. The zero-order chi connectivity index (χ0) is 23.3. The zero-order valence-electron chi connectivity index (χ0n) is 18.2. The molecule has 2 atom stereocenters. The Kier molecular flexibility index (Phi) is 5.13. The number of nitrogens with zero attached hydrogens (tertiary/aromatic N) is 3. The molecule has 1 fully saturated rings. The number of aromatic nitrogens is 2. The lowest BCUT2D eigenvalue weighted by molar-refractivity contribution is -0.132. The number of carbonyl (C=O) groups is 2. The summed E-state index contributed by atoms with van der Waals surface area (Å²) < 4.78 is 11.1. The van der Waals surface area contributed by atoms with Gasteiger partial charge in [0.15, 0.2) is 0 Å². The number of Topliss-reactive ketones (excluding diaryl/α,β-unsaturated/α-hetero) is 1. The minimum absolute atomic E-state index is 0.00646. The molecule has 5 rings (SSSR count). The van der Waals surface area contributed by atoms with Gasteiger partial charge in [0, 0.05) is 12.0 Å². The molecule has 0 bridgehead atoms. The van der Waals surface area contributed by atoms with Crippen LogP contribution in [0.4, 0.5) is 5.13 Å². The van der Waals surface area contributed by atoms with Gasteiger partial charge in [-0.25, -0.2) is 0 Å². The second-order valence-corrected chi connectivity index (χ2v) is 9.16. The maximum absolute atomic E-state index is 13.2. The summed E-state index contributed by atoms with van der Waals surface area (Å²) in [5.41, 5.74) is 2.00. The fraction of sp³-hybridized carbons (Fsp3) is 0.250. The van der Waals surface area contributed by atoms with Gasteiger partial charge in [-0.3, -0.25) is 14.5 Å². The summed E-state index contributed by atoms with van der Waals surface area (Å²) >= 11 is 1.20. The van der Waals surface area contributed by atoms with Crippen LogP contribution in [0, 0.1) is 6.92 Å². The smallest absolute Gasteiger partial charge is 0.301 e. The molecule has 2 aliphatic rings. The van der Waals surface area contributed by atoms with Crippen molar-refractivity contribution in [3.05, 3.63) is 69.7 Å². The summed E-state index contributed by atoms with van der Waals surface area (Å²) in [5.74, 6) is -0.465. The van der Waals surface area contributed by atoms with Gasteiger partial charge >= 0.3 is 5.91 Å². The van der Waals surface area contributed by atoms with Crippen LogP contribution in [0.25, 0.3) is 5.76 Å². The molecule has 3 aromatic rings. The number of hydrogen-bond acceptors (Lipinski definition) is 8. The average Bonchev–Trinajstić information content (AvgIpc) is 3.48. The van der Waals surface area contributed by atoms with Gasteiger partial charge in [0.2, 0.25) is 5.13 Å². The van der Waals surface area contributed by atoms with Crippen molar-refractivity contribution in [3.8, 4) is 11.5 Å². The number of amides is 1. The van der Waals surface area contributed by atoms with E-state index in [4.69, 9.17) is 9.47 Å². The van der Waals surface area contributed by atoms with E-state index in [9.17, 15) is 14.7 Å². The van der Waals surface area contributed by atoms with Crippen LogP contribution in [-0.4, -0.2) is 40.2 Å². The van der Waals surface area contributed by atoms with Gasteiger partial charge in [0.1, 0.15) is 28.4 Å². The number of aliphatic hydroxyl groups excluding tert-OH is 1. The van der Waals surface area contributed by atoms with Gasteiger partial charge in [-0.1, -0.05) is 23.5 Å². The highest BCUT2D eigenvalue weighted by Gasteiger charge is 2.48. The molecular weight excluding hydrogens is 442 g/mol. The van der Waals surface area contributed by atoms with Crippen LogP contribution in [0.1, 0.15) is 34.7 Å². The van der Waals surface area contributed by atoms with E-state index < -0.39 is 17.7 Å². The van der Waals surface area contributed by atoms with Crippen LogP contribution in [0.15, 0.2) is 48.0 Å². The second kappa shape index (κ2) is 8.00. The standard InChI is InChI=1S/C24H21N3O5S/c1-12-9-16-10-15(7-8-18(16)32-12)21(28)19-20(14-5-4-6-17(11-14)31-3)27(23(30)22(19)29)24-26-25-13(2)33-24/h4-8,10-12,20,28H,9H2,1-3H3/b21-19+/t12-,20-/m0/s1. The van der Waals surface area contributed by atoms with E-state index in [1.807, 2.05) is 6.92 Å². The van der Waals surface area contributed by atoms with E-state index in [0.29, 0.717) is 28.3 Å². The van der Waals surface area contributed by atoms with Crippen molar-refractivity contribution < 1.29 is 24.2 Å². The molecule has 33 heavy (non-hydrogen) atoms. The minimum Gasteiger partial charge on any atom is -0.507 e. The van der Waals surface area contributed by atoms with Crippen LogP contribution in [0.2, 0.25) is 0 Å². The Morgan fingerprint density at radius 2 is 2.03 bits per heavy atom. The largest absolute Gasteiger partial charge is 0.507 e. The summed E-state index contributed by atoms with van der Waals surface area (Å²) in [6.07, 6.45) is 0.745. The predicted molar refractivity (Wildman–Crippen MR) is 123 cm³/mol. The van der Waals surface area contributed by atoms with Crippen molar-refractivity contribution in [2.75, 3.05) is 12.0 Å². The van der Waals surface area contributed by atoms with Crippen molar-refractivity contribution in [3.63, 3.8) is 0 Å². The number of carbonyl (C=O) groups excluding carboxylic acids is 2. The first kappa shape index (κ1) is 21.1. The Hall–Kier alpha value is -3.72. The number of rotatable bonds is 4. The summed E-state index contributed by atoms with van der Waals surface area (Å²) in [6, 6.07) is 11.5. The maximum atomic E-state index is 13.2. The monoisotopic (exact) mass is 463 g/mol. The number of benzene rings is 2. The Morgan fingerprint density at radius 3 is 2.76 bits per heavy atom. The first-order chi connectivity index (χ1) is 15.9. The number of methoxy groups -OCH3 is 1. The highest BCUT2D eigenvalue weighted by molar-refractivity contribution is 7.15. The summed E-state index contributed by atoms with van der Waals surface area (Å²) in [4.78, 5) is 27.7. The molecule has 1 saturated heterocycles. The number of fused-ring (bicyclic) bond motifs is 1. The summed E-state index contributed by atoms with van der Waals surface area (Å²) in [6.45, 7) is 3.74. The summed E-state index contributed by atoms with van der Waals surface area (Å²) in [5, 5.41) is 20.4. The number of aryl methyl sites for hydroxylation is 1.